The minimum atomic E-state index is 0.795. The Morgan fingerprint density at radius 2 is 1.75 bits per heavy atom. The first-order valence-electron chi connectivity index (χ1n) is 5.22. The Hall–Kier alpha value is -2.16. The average molecular weight is 209 g/mol. The standard InChI is InChI=1S/C13H11N3/c1-10-14-13-9-5-8-12(16(13)15-10)11-6-3-2-4-7-11/h2-9H,1H3. The number of pyridine rings is 1. The van der Waals surface area contributed by atoms with Gasteiger partial charge in [-0.05, 0) is 19.1 Å². The summed E-state index contributed by atoms with van der Waals surface area (Å²) in [4.78, 5) is 4.35. The summed E-state index contributed by atoms with van der Waals surface area (Å²) >= 11 is 0. The van der Waals surface area contributed by atoms with E-state index in [-0.39, 0.29) is 0 Å². The Morgan fingerprint density at radius 1 is 0.938 bits per heavy atom. The van der Waals surface area contributed by atoms with Crippen LogP contribution in [0, 0.1) is 6.92 Å². The van der Waals surface area contributed by atoms with Crippen molar-refractivity contribution in [3.8, 4) is 11.3 Å². The molecule has 0 radical (unpaired) electrons. The zero-order chi connectivity index (χ0) is 11.0. The van der Waals surface area contributed by atoms with Gasteiger partial charge in [-0.3, -0.25) is 0 Å². The van der Waals surface area contributed by atoms with E-state index in [0.717, 1.165) is 22.7 Å². The smallest absolute Gasteiger partial charge is 0.156 e. The van der Waals surface area contributed by atoms with E-state index in [4.69, 9.17) is 0 Å². The molecule has 78 valence electrons. The molecule has 0 aliphatic rings. The fraction of sp³-hybridized carbons (Fsp3) is 0.0769. The number of rotatable bonds is 1. The van der Waals surface area contributed by atoms with Gasteiger partial charge in [-0.25, -0.2) is 9.50 Å². The van der Waals surface area contributed by atoms with E-state index in [1.807, 2.05) is 41.8 Å². The van der Waals surface area contributed by atoms with Gasteiger partial charge in [0.25, 0.3) is 0 Å². The van der Waals surface area contributed by atoms with Crippen molar-refractivity contribution in [2.75, 3.05) is 0 Å². The third-order valence-corrected chi connectivity index (χ3v) is 2.54. The van der Waals surface area contributed by atoms with Gasteiger partial charge in [0, 0.05) is 5.56 Å². The van der Waals surface area contributed by atoms with Crippen LogP contribution >= 0.6 is 0 Å². The molecule has 3 nitrogen and oxygen atoms in total. The lowest BCUT2D eigenvalue weighted by Crippen LogP contribution is -1.93. The van der Waals surface area contributed by atoms with E-state index in [1.165, 1.54) is 0 Å². The number of hydrogen-bond acceptors (Lipinski definition) is 2. The summed E-state index contributed by atoms with van der Waals surface area (Å²) in [5, 5.41) is 4.40. The van der Waals surface area contributed by atoms with Crippen molar-refractivity contribution < 1.29 is 0 Å². The van der Waals surface area contributed by atoms with Gasteiger partial charge in [-0.15, -0.1) is 0 Å². The molecule has 16 heavy (non-hydrogen) atoms. The molecular weight excluding hydrogens is 198 g/mol. The SMILES string of the molecule is Cc1nc2cccc(-c3ccccc3)n2n1. The molecule has 2 aromatic heterocycles. The van der Waals surface area contributed by atoms with Gasteiger partial charge in [0.2, 0.25) is 0 Å². The molecular formula is C13H11N3. The van der Waals surface area contributed by atoms with Gasteiger partial charge >= 0.3 is 0 Å². The summed E-state index contributed by atoms with van der Waals surface area (Å²) in [5.41, 5.74) is 3.11. The van der Waals surface area contributed by atoms with E-state index in [0.29, 0.717) is 0 Å². The van der Waals surface area contributed by atoms with Crippen LogP contribution < -0.4 is 0 Å². The fourth-order valence-electron chi connectivity index (χ4n) is 1.84. The van der Waals surface area contributed by atoms with Crippen molar-refractivity contribution >= 4 is 5.65 Å². The molecule has 3 aromatic rings. The van der Waals surface area contributed by atoms with Gasteiger partial charge < -0.3 is 0 Å². The van der Waals surface area contributed by atoms with Crippen molar-refractivity contribution in [3.63, 3.8) is 0 Å². The number of aryl methyl sites for hydroxylation is 1. The highest BCUT2D eigenvalue weighted by molar-refractivity contribution is 5.62. The van der Waals surface area contributed by atoms with E-state index >= 15 is 0 Å². The summed E-state index contributed by atoms with van der Waals surface area (Å²) in [7, 11) is 0. The summed E-state index contributed by atoms with van der Waals surface area (Å²) in [6.07, 6.45) is 0. The minimum Gasteiger partial charge on any atom is -0.213 e. The van der Waals surface area contributed by atoms with Gasteiger partial charge in [0.15, 0.2) is 5.65 Å². The molecule has 2 heterocycles. The van der Waals surface area contributed by atoms with Crippen LogP contribution in [0.5, 0.6) is 0 Å². The predicted octanol–water partition coefficient (Wildman–Crippen LogP) is 2.70. The lowest BCUT2D eigenvalue weighted by Gasteiger charge is -2.03. The minimum absolute atomic E-state index is 0.795. The highest BCUT2D eigenvalue weighted by atomic mass is 15.3. The van der Waals surface area contributed by atoms with Crippen LogP contribution in [0.15, 0.2) is 48.5 Å². The largest absolute Gasteiger partial charge is 0.213 e. The van der Waals surface area contributed by atoms with Crippen molar-refractivity contribution in [1.29, 1.82) is 0 Å². The lowest BCUT2D eigenvalue weighted by atomic mass is 10.1. The van der Waals surface area contributed by atoms with Crippen LogP contribution in [0.25, 0.3) is 16.9 Å². The Kier molecular flexibility index (Phi) is 1.96. The molecule has 0 N–H and O–H groups in total. The molecule has 0 spiro atoms. The van der Waals surface area contributed by atoms with Crippen molar-refractivity contribution in [2.45, 2.75) is 6.92 Å². The molecule has 0 bridgehead atoms. The Morgan fingerprint density at radius 3 is 2.56 bits per heavy atom. The molecule has 3 rings (SSSR count). The summed E-state index contributed by atoms with van der Waals surface area (Å²) in [5.74, 6) is 0.795. The second-order valence-electron chi connectivity index (χ2n) is 3.71. The quantitative estimate of drug-likeness (QED) is 0.616. The van der Waals surface area contributed by atoms with Gasteiger partial charge in [0.1, 0.15) is 5.82 Å². The second kappa shape index (κ2) is 3.45. The topological polar surface area (TPSA) is 30.2 Å². The number of hydrogen-bond donors (Lipinski definition) is 0. The zero-order valence-corrected chi connectivity index (χ0v) is 8.96. The molecule has 0 aliphatic carbocycles. The van der Waals surface area contributed by atoms with Crippen molar-refractivity contribution in [2.24, 2.45) is 0 Å². The number of nitrogens with zero attached hydrogens (tertiary/aromatic N) is 3. The Labute approximate surface area is 93.4 Å². The van der Waals surface area contributed by atoms with Crippen molar-refractivity contribution in [3.05, 3.63) is 54.4 Å². The number of fused-ring (bicyclic) bond motifs is 1. The monoisotopic (exact) mass is 209 g/mol. The Balaban J connectivity index is 2.31. The molecule has 0 unspecified atom stereocenters. The maximum Gasteiger partial charge on any atom is 0.156 e. The summed E-state index contributed by atoms with van der Waals surface area (Å²) in [6, 6.07) is 16.2. The van der Waals surface area contributed by atoms with Gasteiger partial charge in [0.05, 0.1) is 5.69 Å². The Bertz CT molecular complexity index is 626. The first-order valence-corrected chi connectivity index (χ1v) is 5.22. The van der Waals surface area contributed by atoms with Crippen LogP contribution in [-0.4, -0.2) is 14.6 Å². The molecule has 0 atom stereocenters. The van der Waals surface area contributed by atoms with Crippen LogP contribution in [-0.2, 0) is 0 Å². The maximum absolute atomic E-state index is 4.40. The second-order valence-corrected chi connectivity index (χ2v) is 3.71. The molecule has 0 amide bonds. The average Bonchev–Trinajstić information content (AvgIpc) is 2.70. The predicted molar refractivity (Wildman–Crippen MR) is 63.2 cm³/mol. The van der Waals surface area contributed by atoms with Crippen LogP contribution in [0.4, 0.5) is 0 Å². The first kappa shape index (κ1) is 9.09. The van der Waals surface area contributed by atoms with Gasteiger partial charge in [-0.1, -0.05) is 36.4 Å². The summed E-state index contributed by atoms with van der Waals surface area (Å²) < 4.78 is 1.88. The van der Waals surface area contributed by atoms with E-state index in [1.54, 1.807) is 0 Å². The number of aromatic nitrogens is 3. The van der Waals surface area contributed by atoms with Crippen LogP contribution in [0.1, 0.15) is 5.82 Å². The zero-order valence-electron chi connectivity index (χ0n) is 8.96. The molecule has 1 aromatic carbocycles. The van der Waals surface area contributed by atoms with E-state index in [2.05, 4.69) is 28.3 Å². The third-order valence-electron chi connectivity index (χ3n) is 2.54. The van der Waals surface area contributed by atoms with Crippen LogP contribution in [0.2, 0.25) is 0 Å². The van der Waals surface area contributed by atoms with Gasteiger partial charge in [-0.2, -0.15) is 5.10 Å². The van der Waals surface area contributed by atoms with Crippen LogP contribution in [0.3, 0.4) is 0 Å². The fourth-order valence-corrected chi connectivity index (χ4v) is 1.84. The highest BCUT2D eigenvalue weighted by Gasteiger charge is 2.05. The van der Waals surface area contributed by atoms with E-state index < -0.39 is 0 Å². The van der Waals surface area contributed by atoms with E-state index in [9.17, 15) is 0 Å². The summed E-state index contributed by atoms with van der Waals surface area (Å²) in [6.45, 7) is 1.90. The molecule has 0 fully saturated rings. The highest BCUT2D eigenvalue weighted by Crippen LogP contribution is 2.19. The maximum atomic E-state index is 4.40. The lowest BCUT2D eigenvalue weighted by molar-refractivity contribution is 0.938. The molecule has 3 heteroatoms. The molecule has 0 saturated carbocycles. The first-order chi connectivity index (χ1) is 7.84. The molecule has 0 aliphatic heterocycles. The number of benzene rings is 1. The normalized spacial score (nSPS) is 10.8. The third kappa shape index (κ3) is 1.37. The molecule has 0 saturated heterocycles. The van der Waals surface area contributed by atoms with Crippen molar-refractivity contribution in [1.82, 2.24) is 14.6 Å².